The Bertz CT molecular complexity index is 187. The normalized spacial score (nSPS) is 11.4. The molecule has 0 radical (unpaired) electrons. The average molecular weight is 152 g/mol. The zero-order chi connectivity index (χ0) is 8.85. The van der Waals surface area contributed by atoms with Gasteiger partial charge in [0, 0.05) is 6.42 Å². The summed E-state index contributed by atoms with van der Waals surface area (Å²) in [5.41, 5.74) is 1.84. The Hall–Kier alpha value is -0.850. The summed E-state index contributed by atoms with van der Waals surface area (Å²) in [5.74, 6) is 0.211. The SMILES string of the molecule is C=C(C)CC(=O)C(=CC)CC. The van der Waals surface area contributed by atoms with Gasteiger partial charge >= 0.3 is 0 Å². The van der Waals surface area contributed by atoms with Gasteiger partial charge in [0.25, 0.3) is 0 Å². The first-order valence-electron chi connectivity index (χ1n) is 3.94. The van der Waals surface area contributed by atoms with Crippen LogP contribution in [-0.2, 0) is 4.79 Å². The van der Waals surface area contributed by atoms with Crippen LogP contribution in [0.2, 0.25) is 0 Å². The molecule has 0 atom stereocenters. The molecule has 0 saturated carbocycles. The van der Waals surface area contributed by atoms with E-state index in [2.05, 4.69) is 6.58 Å². The van der Waals surface area contributed by atoms with Gasteiger partial charge in [0.2, 0.25) is 0 Å². The number of hydrogen-bond acceptors (Lipinski definition) is 1. The van der Waals surface area contributed by atoms with Gasteiger partial charge in [0.05, 0.1) is 0 Å². The summed E-state index contributed by atoms with van der Waals surface area (Å²) in [7, 11) is 0. The minimum absolute atomic E-state index is 0.211. The second-order valence-corrected chi connectivity index (χ2v) is 2.72. The van der Waals surface area contributed by atoms with Crippen molar-refractivity contribution < 1.29 is 4.79 Å². The van der Waals surface area contributed by atoms with E-state index in [1.54, 1.807) is 0 Å². The van der Waals surface area contributed by atoms with Crippen molar-refractivity contribution in [1.82, 2.24) is 0 Å². The number of hydrogen-bond donors (Lipinski definition) is 0. The summed E-state index contributed by atoms with van der Waals surface area (Å²) in [4.78, 5) is 11.3. The molecule has 0 bridgehead atoms. The van der Waals surface area contributed by atoms with Gasteiger partial charge in [-0.25, -0.2) is 0 Å². The maximum atomic E-state index is 11.3. The van der Waals surface area contributed by atoms with Crippen molar-refractivity contribution in [3.05, 3.63) is 23.8 Å². The smallest absolute Gasteiger partial charge is 0.162 e. The van der Waals surface area contributed by atoms with Crippen LogP contribution in [0.1, 0.15) is 33.6 Å². The maximum absolute atomic E-state index is 11.3. The zero-order valence-electron chi connectivity index (χ0n) is 7.61. The summed E-state index contributed by atoms with van der Waals surface area (Å²) in [6, 6.07) is 0. The first-order chi connectivity index (χ1) is 5.11. The lowest BCUT2D eigenvalue weighted by atomic mass is 10.0. The summed E-state index contributed by atoms with van der Waals surface area (Å²) < 4.78 is 0. The van der Waals surface area contributed by atoms with E-state index in [0.717, 1.165) is 17.6 Å². The van der Waals surface area contributed by atoms with Gasteiger partial charge in [-0.05, 0) is 25.8 Å². The third-order valence-corrected chi connectivity index (χ3v) is 1.55. The Labute approximate surface area is 68.8 Å². The van der Waals surface area contributed by atoms with Crippen LogP contribution in [0.4, 0.5) is 0 Å². The van der Waals surface area contributed by atoms with E-state index >= 15 is 0 Å². The lowest BCUT2D eigenvalue weighted by Gasteiger charge is -2.01. The lowest BCUT2D eigenvalue weighted by molar-refractivity contribution is -0.115. The minimum Gasteiger partial charge on any atom is -0.294 e. The van der Waals surface area contributed by atoms with Crippen molar-refractivity contribution in [1.29, 1.82) is 0 Å². The van der Waals surface area contributed by atoms with Crippen LogP contribution in [0.15, 0.2) is 23.8 Å². The molecule has 0 aromatic carbocycles. The lowest BCUT2D eigenvalue weighted by Crippen LogP contribution is -2.01. The summed E-state index contributed by atoms with van der Waals surface area (Å²) in [6.07, 6.45) is 3.20. The van der Waals surface area contributed by atoms with Crippen molar-refractivity contribution in [3.63, 3.8) is 0 Å². The molecule has 1 heteroatoms. The van der Waals surface area contributed by atoms with E-state index in [-0.39, 0.29) is 5.78 Å². The molecular weight excluding hydrogens is 136 g/mol. The largest absolute Gasteiger partial charge is 0.294 e. The highest BCUT2D eigenvalue weighted by atomic mass is 16.1. The number of carbonyl (C=O) groups excluding carboxylic acids is 1. The Morgan fingerprint density at radius 3 is 2.36 bits per heavy atom. The first-order valence-corrected chi connectivity index (χ1v) is 3.94. The fraction of sp³-hybridized carbons (Fsp3) is 0.500. The first kappa shape index (κ1) is 10.2. The number of ketones is 1. The van der Waals surface area contributed by atoms with E-state index < -0.39 is 0 Å². The Balaban J connectivity index is 4.12. The molecule has 0 fully saturated rings. The van der Waals surface area contributed by atoms with Gasteiger partial charge < -0.3 is 0 Å². The van der Waals surface area contributed by atoms with Crippen molar-refractivity contribution in [2.45, 2.75) is 33.6 Å². The third-order valence-electron chi connectivity index (χ3n) is 1.55. The van der Waals surface area contributed by atoms with Crippen molar-refractivity contribution >= 4 is 5.78 Å². The van der Waals surface area contributed by atoms with Crippen LogP contribution in [-0.4, -0.2) is 5.78 Å². The molecule has 0 spiro atoms. The molecule has 1 nitrogen and oxygen atoms in total. The predicted octanol–water partition coefficient (Wildman–Crippen LogP) is 2.88. The molecule has 0 N–H and O–H groups in total. The maximum Gasteiger partial charge on any atom is 0.162 e. The Morgan fingerprint density at radius 1 is 1.55 bits per heavy atom. The molecule has 0 aliphatic heterocycles. The second kappa shape index (κ2) is 4.89. The quantitative estimate of drug-likeness (QED) is 0.447. The van der Waals surface area contributed by atoms with E-state index in [0.29, 0.717) is 6.42 Å². The van der Waals surface area contributed by atoms with Crippen molar-refractivity contribution in [3.8, 4) is 0 Å². The number of rotatable bonds is 4. The average Bonchev–Trinajstić information content (AvgIpc) is 1.88. The molecule has 0 aliphatic rings. The second-order valence-electron chi connectivity index (χ2n) is 2.72. The molecule has 0 aliphatic carbocycles. The number of carbonyl (C=O) groups is 1. The van der Waals surface area contributed by atoms with Gasteiger partial charge in [-0.2, -0.15) is 0 Å². The molecule has 0 saturated heterocycles. The fourth-order valence-corrected chi connectivity index (χ4v) is 0.950. The highest BCUT2D eigenvalue weighted by Crippen LogP contribution is 2.08. The molecule has 11 heavy (non-hydrogen) atoms. The molecule has 0 rings (SSSR count). The number of Topliss-reactive ketones (excluding diaryl/α,β-unsaturated/α-hetero) is 1. The van der Waals surface area contributed by atoms with Crippen LogP contribution in [0.3, 0.4) is 0 Å². The van der Waals surface area contributed by atoms with E-state index in [1.807, 2.05) is 26.8 Å². The fourth-order valence-electron chi connectivity index (χ4n) is 0.950. The predicted molar refractivity (Wildman–Crippen MR) is 48.5 cm³/mol. The monoisotopic (exact) mass is 152 g/mol. The molecule has 62 valence electrons. The van der Waals surface area contributed by atoms with Crippen LogP contribution in [0.25, 0.3) is 0 Å². The van der Waals surface area contributed by atoms with E-state index in [9.17, 15) is 4.79 Å². The van der Waals surface area contributed by atoms with E-state index in [1.165, 1.54) is 0 Å². The molecule has 0 aromatic heterocycles. The van der Waals surface area contributed by atoms with Gasteiger partial charge in [-0.1, -0.05) is 25.2 Å². The van der Waals surface area contributed by atoms with Crippen LogP contribution < -0.4 is 0 Å². The van der Waals surface area contributed by atoms with Gasteiger partial charge in [0.15, 0.2) is 5.78 Å². The topological polar surface area (TPSA) is 17.1 Å². The summed E-state index contributed by atoms with van der Waals surface area (Å²) in [6.45, 7) is 9.46. The number of allylic oxidation sites excluding steroid dienone is 3. The highest BCUT2D eigenvalue weighted by Gasteiger charge is 2.05. The molecule has 0 heterocycles. The molecule has 0 unspecified atom stereocenters. The van der Waals surface area contributed by atoms with Crippen LogP contribution in [0.5, 0.6) is 0 Å². The van der Waals surface area contributed by atoms with Crippen molar-refractivity contribution in [2.24, 2.45) is 0 Å². The van der Waals surface area contributed by atoms with Crippen LogP contribution >= 0.6 is 0 Å². The van der Waals surface area contributed by atoms with Crippen LogP contribution in [0, 0.1) is 0 Å². The molecule has 0 amide bonds. The highest BCUT2D eigenvalue weighted by molar-refractivity contribution is 5.96. The van der Waals surface area contributed by atoms with Gasteiger partial charge in [-0.15, -0.1) is 0 Å². The third kappa shape index (κ3) is 3.76. The summed E-state index contributed by atoms with van der Waals surface area (Å²) >= 11 is 0. The summed E-state index contributed by atoms with van der Waals surface area (Å²) in [5, 5.41) is 0. The minimum atomic E-state index is 0.211. The molecular formula is C10H16O. The zero-order valence-corrected chi connectivity index (χ0v) is 7.61. The van der Waals surface area contributed by atoms with Gasteiger partial charge in [-0.3, -0.25) is 4.79 Å². The van der Waals surface area contributed by atoms with Gasteiger partial charge in [0.1, 0.15) is 0 Å². The van der Waals surface area contributed by atoms with E-state index in [4.69, 9.17) is 0 Å². The Kier molecular flexibility index (Phi) is 4.51. The Morgan fingerprint density at radius 2 is 2.09 bits per heavy atom. The standard InChI is InChI=1S/C10H16O/c1-5-9(6-2)10(11)7-8(3)4/h5H,3,6-7H2,1-2,4H3. The molecule has 0 aromatic rings. The van der Waals surface area contributed by atoms with Crippen molar-refractivity contribution in [2.75, 3.05) is 0 Å².